The summed E-state index contributed by atoms with van der Waals surface area (Å²) in [4.78, 5) is 8.85. The van der Waals surface area contributed by atoms with Crippen molar-refractivity contribution in [1.82, 2.24) is 9.97 Å². The van der Waals surface area contributed by atoms with Crippen molar-refractivity contribution < 1.29 is 0 Å². The lowest BCUT2D eigenvalue weighted by Crippen LogP contribution is -2.23. The van der Waals surface area contributed by atoms with E-state index in [1.165, 1.54) is 0 Å². The lowest BCUT2D eigenvalue weighted by Gasteiger charge is -2.24. The van der Waals surface area contributed by atoms with Crippen molar-refractivity contribution in [2.45, 2.75) is 32.6 Å². The van der Waals surface area contributed by atoms with Gasteiger partial charge >= 0.3 is 0 Å². The molecule has 0 fully saturated rings. The quantitative estimate of drug-likeness (QED) is 0.769. The first-order valence-corrected chi connectivity index (χ1v) is 7.00. The van der Waals surface area contributed by atoms with Gasteiger partial charge in [0.05, 0.1) is 0 Å². The van der Waals surface area contributed by atoms with Crippen LogP contribution in [0.25, 0.3) is 0 Å². The zero-order chi connectivity index (χ0) is 14.0. The Labute approximate surface area is 123 Å². The van der Waals surface area contributed by atoms with E-state index in [0.717, 1.165) is 17.5 Å². The number of halogens is 2. The molecule has 4 heteroatoms. The van der Waals surface area contributed by atoms with Crippen molar-refractivity contribution in [3.05, 3.63) is 57.6 Å². The minimum Gasteiger partial charge on any atom is -0.220 e. The fourth-order valence-corrected chi connectivity index (χ4v) is 2.64. The van der Waals surface area contributed by atoms with E-state index in [4.69, 9.17) is 23.2 Å². The van der Waals surface area contributed by atoms with Gasteiger partial charge < -0.3 is 0 Å². The Hall–Kier alpha value is -1.12. The summed E-state index contributed by atoms with van der Waals surface area (Å²) in [5.74, 6) is 0.644. The molecule has 0 aliphatic rings. The molecule has 0 saturated heterocycles. The van der Waals surface area contributed by atoms with Gasteiger partial charge in [0.1, 0.15) is 16.1 Å². The summed E-state index contributed by atoms with van der Waals surface area (Å²) in [6, 6.07) is 10.1. The van der Waals surface area contributed by atoms with Gasteiger partial charge in [-0.15, -0.1) is 0 Å². The minimum atomic E-state index is -0.333. The summed E-state index contributed by atoms with van der Waals surface area (Å²) in [7, 11) is 0. The van der Waals surface area contributed by atoms with E-state index in [0.29, 0.717) is 16.1 Å². The molecule has 2 nitrogen and oxygen atoms in total. The van der Waals surface area contributed by atoms with E-state index >= 15 is 0 Å². The van der Waals surface area contributed by atoms with E-state index in [2.05, 4.69) is 35.9 Å². The highest BCUT2D eigenvalue weighted by molar-refractivity contribution is 6.34. The molecule has 100 valence electrons. The topological polar surface area (TPSA) is 25.8 Å². The first-order chi connectivity index (χ1) is 8.96. The van der Waals surface area contributed by atoms with Crippen LogP contribution in [0.15, 0.2) is 30.3 Å². The summed E-state index contributed by atoms with van der Waals surface area (Å²) in [6.07, 6.45) is 0.726. The van der Waals surface area contributed by atoms with Gasteiger partial charge in [0.25, 0.3) is 0 Å². The number of hydrogen-bond acceptors (Lipinski definition) is 2. The van der Waals surface area contributed by atoms with Crippen LogP contribution in [0.2, 0.25) is 10.3 Å². The highest BCUT2D eigenvalue weighted by atomic mass is 35.5. The maximum atomic E-state index is 6.19. The summed E-state index contributed by atoms with van der Waals surface area (Å²) >= 11 is 12.4. The van der Waals surface area contributed by atoms with Crippen LogP contribution in [-0.4, -0.2) is 9.97 Å². The van der Waals surface area contributed by atoms with Crippen molar-refractivity contribution >= 4 is 23.2 Å². The van der Waals surface area contributed by atoms with Gasteiger partial charge in [0.2, 0.25) is 0 Å². The van der Waals surface area contributed by atoms with Crippen LogP contribution in [0.1, 0.15) is 37.7 Å². The number of hydrogen-bond donors (Lipinski definition) is 0. The van der Waals surface area contributed by atoms with Crippen LogP contribution in [0, 0.1) is 0 Å². The molecular formula is C15H16Cl2N2. The van der Waals surface area contributed by atoms with Gasteiger partial charge in [-0.1, -0.05) is 60.5 Å². The highest BCUT2D eigenvalue weighted by Gasteiger charge is 2.27. The normalized spacial score (nSPS) is 11.6. The zero-order valence-electron chi connectivity index (χ0n) is 11.2. The van der Waals surface area contributed by atoms with Gasteiger partial charge in [-0.2, -0.15) is 0 Å². The Kier molecular flexibility index (Phi) is 4.12. The van der Waals surface area contributed by atoms with Gasteiger partial charge in [-0.3, -0.25) is 0 Å². The number of aromatic nitrogens is 2. The fraction of sp³-hybridized carbons (Fsp3) is 0.333. The van der Waals surface area contributed by atoms with E-state index in [9.17, 15) is 0 Å². The second kappa shape index (κ2) is 5.48. The smallest absolute Gasteiger partial charge is 0.141 e. The van der Waals surface area contributed by atoms with E-state index in [-0.39, 0.29) is 5.41 Å². The van der Waals surface area contributed by atoms with Crippen LogP contribution in [0.5, 0.6) is 0 Å². The van der Waals surface area contributed by atoms with Gasteiger partial charge in [0.15, 0.2) is 0 Å². The maximum absolute atomic E-state index is 6.19. The standard InChI is InChI=1S/C15H16Cl2N2/c1-4-11-12(16)18-14(19-13(11)17)15(2,3)10-8-6-5-7-9-10/h5-9H,4H2,1-3H3. The third-order valence-electron chi connectivity index (χ3n) is 3.31. The molecule has 19 heavy (non-hydrogen) atoms. The zero-order valence-corrected chi connectivity index (χ0v) is 12.8. The highest BCUT2D eigenvalue weighted by Crippen LogP contribution is 2.32. The Balaban J connectivity index is 2.53. The number of nitrogens with zero attached hydrogens (tertiary/aromatic N) is 2. The molecule has 0 radical (unpaired) electrons. The lowest BCUT2D eigenvalue weighted by atomic mass is 9.84. The molecule has 1 aromatic heterocycles. The average Bonchev–Trinajstić information content (AvgIpc) is 2.39. The van der Waals surface area contributed by atoms with Crippen LogP contribution in [0.4, 0.5) is 0 Å². The molecule has 0 amide bonds. The number of rotatable bonds is 3. The monoisotopic (exact) mass is 294 g/mol. The molecule has 2 rings (SSSR count). The average molecular weight is 295 g/mol. The molecular weight excluding hydrogens is 279 g/mol. The van der Waals surface area contributed by atoms with E-state index < -0.39 is 0 Å². The molecule has 0 bridgehead atoms. The summed E-state index contributed by atoms with van der Waals surface area (Å²) < 4.78 is 0. The van der Waals surface area contributed by atoms with Gasteiger partial charge in [0, 0.05) is 11.0 Å². The van der Waals surface area contributed by atoms with Crippen molar-refractivity contribution in [1.29, 1.82) is 0 Å². The summed E-state index contributed by atoms with van der Waals surface area (Å²) in [6.45, 7) is 6.12. The molecule has 1 heterocycles. The minimum absolute atomic E-state index is 0.333. The van der Waals surface area contributed by atoms with Crippen LogP contribution < -0.4 is 0 Å². The molecule has 0 aliphatic carbocycles. The molecule has 0 atom stereocenters. The molecule has 0 unspecified atom stereocenters. The second-order valence-electron chi connectivity index (χ2n) is 4.95. The Morgan fingerprint density at radius 2 is 1.53 bits per heavy atom. The predicted octanol–water partition coefficient (Wildman–Crippen LogP) is 4.67. The van der Waals surface area contributed by atoms with Crippen molar-refractivity contribution in [3.63, 3.8) is 0 Å². The van der Waals surface area contributed by atoms with Crippen molar-refractivity contribution in [2.75, 3.05) is 0 Å². The molecule has 0 saturated carbocycles. The largest absolute Gasteiger partial charge is 0.220 e. The molecule has 0 N–H and O–H groups in total. The van der Waals surface area contributed by atoms with Crippen molar-refractivity contribution in [3.8, 4) is 0 Å². The molecule has 2 aromatic rings. The Bertz CT molecular complexity index is 557. The lowest BCUT2D eigenvalue weighted by molar-refractivity contribution is 0.588. The third-order valence-corrected chi connectivity index (χ3v) is 3.94. The summed E-state index contributed by atoms with van der Waals surface area (Å²) in [5, 5.41) is 0.892. The number of benzene rings is 1. The maximum Gasteiger partial charge on any atom is 0.141 e. The predicted molar refractivity (Wildman–Crippen MR) is 80.0 cm³/mol. The van der Waals surface area contributed by atoms with Crippen LogP contribution >= 0.6 is 23.2 Å². The third kappa shape index (κ3) is 2.75. The second-order valence-corrected chi connectivity index (χ2v) is 5.67. The van der Waals surface area contributed by atoms with Crippen LogP contribution in [-0.2, 0) is 11.8 Å². The first kappa shape index (κ1) is 14.3. The Morgan fingerprint density at radius 1 is 1.00 bits per heavy atom. The van der Waals surface area contributed by atoms with Gasteiger partial charge in [-0.05, 0) is 25.8 Å². The molecule has 0 aliphatic heterocycles. The van der Waals surface area contributed by atoms with Crippen molar-refractivity contribution in [2.24, 2.45) is 0 Å². The van der Waals surface area contributed by atoms with Gasteiger partial charge in [-0.25, -0.2) is 9.97 Å². The molecule has 1 aromatic carbocycles. The van der Waals surface area contributed by atoms with E-state index in [1.807, 2.05) is 25.1 Å². The Morgan fingerprint density at radius 3 is 2.00 bits per heavy atom. The SMILES string of the molecule is CCc1c(Cl)nc(C(C)(C)c2ccccc2)nc1Cl. The van der Waals surface area contributed by atoms with E-state index in [1.54, 1.807) is 0 Å². The summed E-state index contributed by atoms with van der Waals surface area (Å²) in [5.41, 5.74) is 1.60. The first-order valence-electron chi connectivity index (χ1n) is 6.24. The van der Waals surface area contributed by atoms with Crippen LogP contribution in [0.3, 0.4) is 0 Å². The molecule has 0 spiro atoms. The fourth-order valence-electron chi connectivity index (χ4n) is 1.99.